The zero-order valence-corrected chi connectivity index (χ0v) is 14.3. The van der Waals surface area contributed by atoms with Crippen LogP contribution in [-0.4, -0.2) is 20.7 Å². The number of alkyl halides is 3. The van der Waals surface area contributed by atoms with E-state index < -0.39 is 22.2 Å². The van der Waals surface area contributed by atoms with Crippen LogP contribution in [0, 0.1) is 10.7 Å². The highest BCUT2D eigenvalue weighted by molar-refractivity contribution is 7.60. The molecule has 0 aromatic heterocycles. The molecule has 0 heterocycles. The van der Waals surface area contributed by atoms with E-state index in [4.69, 9.17) is 29.6 Å². The van der Waals surface area contributed by atoms with Gasteiger partial charge in [-0.05, 0) is 43.4 Å². The zero-order valence-electron chi connectivity index (χ0n) is 12.7. The van der Waals surface area contributed by atoms with Crippen LogP contribution in [0.25, 0.3) is 0 Å². The predicted molar refractivity (Wildman–Crippen MR) is 83.6 cm³/mol. The molecule has 1 N–H and O–H groups in total. The molecule has 1 aromatic rings. The van der Waals surface area contributed by atoms with E-state index in [9.17, 15) is 13.2 Å². The Balaban J connectivity index is 0.000000648. The van der Waals surface area contributed by atoms with Gasteiger partial charge in [0.1, 0.15) is 6.61 Å². The molecule has 1 aromatic carbocycles. The summed E-state index contributed by atoms with van der Waals surface area (Å²) >= 11 is 5.80. The van der Waals surface area contributed by atoms with Crippen LogP contribution >= 0.6 is 11.6 Å². The maximum Gasteiger partial charge on any atom is 0.417 e. The summed E-state index contributed by atoms with van der Waals surface area (Å²) < 4.78 is 61.8. The molecule has 5 nitrogen and oxygen atoms in total. The van der Waals surface area contributed by atoms with Gasteiger partial charge >= 0.3 is 16.7 Å². The van der Waals surface area contributed by atoms with Crippen LogP contribution in [0.3, 0.4) is 0 Å². The number of halogens is 4. The van der Waals surface area contributed by atoms with E-state index >= 15 is 0 Å². The number of hydrogen-bond acceptors (Lipinski definition) is 5. The Labute approximate surface area is 143 Å². The second kappa shape index (κ2) is 9.03. The lowest BCUT2D eigenvalue weighted by Crippen LogP contribution is -2.13. The molecule has 0 radical (unpaired) electrons. The van der Waals surface area contributed by atoms with E-state index in [0.29, 0.717) is 18.9 Å². The van der Waals surface area contributed by atoms with Gasteiger partial charge in [0.05, 0.1) is 11.3 Å². The average molecular weight is 385 g/mol. The second-order valence-corrected chi connectivity index (χ2v) is 5.96. The van der Waals surface area contributed by atoms with Crippen LogP contribution < -0.4 is 0 Å². The maximum absolute atomic E-state index is 13.0. The lowest BCUT2D eigenvalue weighted by atomic mass is 10.0. The predicted octanol–water partition coefficient (Wildman–Crippen LogP) is 4.53. The molecule has 0 bridgehead atoms. The van der Waals surface area contributed by atoms with E-state index in [1.165, 1.54) is 12.1 Å². The third-order valence-corrected chi connectivity index (χ3v) is 3.35. The van der Waals surface area contributed by atoms with Crippen molar-refractivity contribution >= 4 is 27.8 Å². The minimum absolute atomic E-state index is 0.0108. The summed E-state index contributed by atoms with van der Waals surface area (Å²) in [6.07, 6.45) is -1.90. The third-order valence-electron chi connectivity index (χ3n) is 3.11. The maximum atomic E-state index is 13.0. The Hall–Kier alpha value is -1.61. The first-order valence-electron chi connectivity index (χ1n) is 7.01. The van der Waals surface area contributed by atoms with Crippen molar-refractivity contribution < 1.29 is 26.4 Å². The van der Waals surface area contributed by atoms with E-state index in [0.717, 1.165) is 18.9 Å². The number of rotatable bonds is 5. The van der Waals surface area contributed by atoms with Crippen molar-refractivity contribution in [3.05, 3.63) is 34.3 Å². The minimum atomic E-state index is -4.44. The highest BCUT2D eigenvalue weighted by atomic mass is 35.5. The van der Waals surface area contributed by atoms with Gasteiger partial charge in [0, 0.05) is 10.6 Å². The summed E-state index contributed by atoms with van der Waals surface area (Å²) in [7, 11) is -2.61. The highest BCUT2D eigenvalue weighted by Gasteiger charge is 2.34. The molecule has 1 saturated carbocycles. The molecule has 0 unspecified atom stereocenters. The van der Waals surface area contributed by atoms with Gasteiger partial charge in [-0.25, -0.2) is 0 Å². The second-order valence-electron chi connectivity index (χ2n) is 5.05. The Morgan fingerprint density at radius 1 is 1.42 bits per heavy atom. The lowest BCUT2D eigenvalue weighted by Gasteiger charge is -2.14. The molecule has 1 aliphatic carbocycles. The monoisotopic (exact) mass is 384 g/mol. The summed E-state index contributed by atoms with van der Waals surface area (Å²) in [5.74, 6) is 0.498. The molecule has 24 heavy (non-hydrogen) atoms. The first kappa shape index (κ1) is 20.4. The molecule has 134 valence electrons. The van der Waals surface area contributed by atoms with Crippen molar-refractivity contribution in [1.29, 1.82) is 4.78 Å². The first-order chi connectivity index (χ1) is 11.1. The topological polar surface area (TPSA) is 79.6 Å². The molecular weight excluding hydrogens is 369 g/mol. The highest BCUT2D eigenvalue weighted by Crippen LogP contribution is 2.34. The van der Waals surface area contributed by atoms with Crippen LogP contribution in [0.15, 0.2) is 23.4 Å². The SMILES string of the molecule is CC/C(=N\OCC1CC1)c1cc(Cl)ccc1C(F)(F)F.N=S(=O)=O. The molecular formula is C14H16ClF3N2O3S. The summed E-state index contributed by atoms with van der Waals surface area (Å²) in [4.78, 5) is 5.15. The lowest BCUT2D eigenvalue weighted by molar-refractivity contribution is -0.137. The Morgan fingerprint density at radius 3 is 2.46 bits per heavy atom. The number of nitrogens with zero attached hydrogens (tertiary/aromatic N) is 1. The van der Waals surface area contributed by atoms with Crippen LogP contribution in [0.2, 0.25) is 5.02 Å². The van der Waals surface area contributed by atoms with E-state index in [1.807, 2.05) is 0 Å². The van der Waals surface area contributed by atoms with Gasteiger partial charge in [-0.1, -0.05) is 23.7 Å². The van der Waals surface area contributed by atoms with Crippen molar-refractivity contribution in [2.45, 2.75) is 32.4 Å². The number of nitrogens with one attached hydrogen (secondary N) is 1. The molecule has 0 atom stereocenters. The van der Waals surface area contributed by atoms with E-state index in [-0.39, 0.29) is 16.3 Å². The Morgan fingerprint density at radius 2 is 2.00 bits per heavy atom. The Kier molecular flexibility index (Phi) is 7.68. The molecule has 2 rings (SSSR count). The van der Waals surface area contributed by atoms with Crippen LogP contribution in [0.4, 0.5) is 13.2 Å². The number of oxime groups is 1. The first-order valence-corrected chi connectivity index (χ1v) is 8.46. The van der Waals surface area contributed by atoms with Gasteiger partial charge in [-0.15, -0.1) is 0 Å². The standard InChI is InChI=1S/C14H15ClF3NO.HNO2S/c1-2-13(19-20-8-9-3-4-9)11-7-10(15)5-6-12(11)14(16,17)18;1-4(2)3/h5-7,9H,2-4,8H2,1H3;1H/b19-13+;. The minimum Gasteiger partial charge on any atom is -0.395 e. The summed E-state index contributed by atoms with van der Waals surface area (Å²) in [5, 5.41) is 4.11. The van der Waals surface area contributed by atoms with Crippen molar-refractivity contribution in [3.8, 4) is 0 Å². The number of benzene rings is 1. The van der Waals surface area contributed by atoms with Crippen molar-refractivity contribution in [2.24, 2.45) is 11.1 Å². The number of hydrogen-bond donors (Lipinski definition) is 1. The molecule has 0 spiro atoms. The summed E-state index contributed by atoms with van der Waals surface area (Å²) in [6, 6.07) is 3.49. The van der Waals surface area contributed by atoms with Gasteiger partial charge in [0.2, 0.25) is 0 Å². The van der Waals surface area contributed by atoms with Crippen LogP contribution in [0.1, 0.15) is 37.3 Å². The van der Waals surface area contributed by atoms with Crippen LogP contribution in [-0.2, 0) is 21.5 Å². The largest absolute Gasteiger partial charge is 0.417 e. The third kappa shape index (κ3) is 7.31. The molecule has 10 heteroatoms. The normalized spacial score (nSPS) is 14.6. The molecule has 1 fully saturated rings. The fraction of sp³-hybridized carbons (Fsp3) is 0.500. The molecule has 1 aliphatic rings. The van der Waals surface area contributed by atoms with Crippen LogP contribution in [0.5, 0.6) is 0 Å². The fourth-order valence-corrected chi connectivity index (χ4v) is 1.98. The summed E-state index contributed by atoms with van der Waals surface area (Å²) in [5.41, 5.74) is -0.485. The van der Waals surface area contributed by atoms with E-state index in [2.05, 4.69) is 5.16 Å². The van der Waals surface area contributed by atoms with Crippen molar-refractivity contribution in [1.82, 2.24) is 0 Å². The van der Waals surface area contributed by atoms with E-state index in [1.54, 1.807) is 6.92 Å². The average Bonchev–Trinajstić information content (AvgIpc) is 3.25. The summed E-state index contributed by atoms with van der Waals surface area (Å²) in [6.45, 7) is 2.20. The van der Waals surface area contributed by atoms with Gasteiger partial charge in [0.25, 0.3) is 0 Å². The molecule has 0 amide bonds. The smallest absolute Gasteiger partial charge is 0.395 e. The zero-order chi connectivity index (χ0) is 18.3. The Bertz CT molecular complexity index is 695. The van der Waals surface area contributed by atoms with Gasteiger partial charge in [0.15, 0.2) is 0 Å². The van der Waals surface area contributed by atoms with Crippen molar-refractivity contribution in [2.75, 3.05) is 6.61 Å². The fourth-order valence-electron chi connectivity index (χ4n) is 1.81. The quantitative estimate of drug-likeness (QED) is 0.598. The molecule has 0 aliphatic heterocycles. The van der Waals surface area contributed by atoms with Gasteiger partial charge < -0.3 is 4.84 Å². The van der Waals surface area contributed by atoms with Crippen molar-refractivity contribution in [3.63, 3.8) is 0 Å². The van der Waals surface area contributed by atoms with Gasteiger partial charge in [-0.3, -0.25) is 0 Å². The van der Waals surface area contributed by atoms with Gasteiger partial charge in [-0.2, -0.15) is 26.4 Å². The molecule has 0 saturated heterocycles.